The van der Waals surface area contributed by atoms with E-state index in [2.05, 4.69) is 5.32 Å². The summed E-state index contributed by atoms with van der Waals surface area (Å²) in [5.74, 6) is -0.401. The van der Waals surface area contributed by atoms with Gasteiger partial charge in [-0.05, 0) is 42.5 Å². The molecule has 3 aromatic rings. The Morgan fingerprint density at radius 2 is 1.67 bits per heavy atom. The lowest BCUT2D eigenvalue weighted by Crippen LogP contribution is -2.03. The Hall–Kier alpha value is -2.98. The van der Waals surface area contributed by atoms with Gasteiger partial charge in [0.1, 0.15) is 5.75 Å². The number of aromatic hydroxyl groups is 1. The fourth-order valence-corrected chi connectivity index (χ4v) is 2.62. The first-order chi connectivity index (χ1) is 11.6. The highest BCUT2D eigenvalue weighted by molar-refractivity contribution is 6.35. The minimum Gasteiger partial charge on any atom is -0.507 e. The van der Waals surface area contributed by atoms with Crippen LogP contribution in [0.4, 0.5) is 17.1 Å². The van der Waals surface area contributed by atoms with Gasteiger partial charge in [0.05, 0.1) is 22.0 Å². The fraction of sp³-hybridized carbons (Fsp3) is 0. The van der Waals surface area contributed by atoms with Crippen molar-refractivity contribution in [3.8, 4) is 5.75 Å². The van der Waals surface area contributed by atoms with Crippen molar-refractivity contribution in [2.45, 2.75) is 0 Å². The van der Waals surface area contributed by atoms with Gasteiger partial charge < -0.3 is 16.2 Å². The second-order valence-corrected chi connectivity index (χ2v) is 5.66. The largest absolute Gasteiger partial charge is 0.507 e. The monoisotopic (exact) mass is 338 g/mol. The fourth-order valence-electron chi connectivity index (χ4n) is 2.35. The third kappa shape index (κ3) is 3.19. The Kier molecular flexibility index (Phi) is 4.40. The van der Waals surface area contributed by atoms with Crippen molar-refractivity contribution in [2.24, 2.45) is 0 Å². The third-order valence-electron chi connectivity index (χ3n) is 3.60. The van der Waals surface area contributed by atoms with Gasteiger partial charge in [0.25, 0.3) is 0 Å². The number of anilines is 3. The molecule has 0 fully saturated rings. The van der Waals surface area contributed by atoms with Crippen LogP contribution in [0.1, 0.15) is 15.9 Å². The van der Waals surface area contributed by atoms with E-state index in [1.807, 2.05) is 18.2 Å². The summed E-state index contributed by atoms with van der Waals surface area (Å²) in [4.78, 5) is 12.5. The van der Waals surface area contributed by atoms with Crippen LogP contribution in [-0.4, -0.2) is 10.9 Å². The van der Waals surface area contributed by atoms with E-state index in [0.717, 1.165) is 5.69 Å². The second-order valence-electron chi connectivity index (χ2n) is 5.25. The summed E-state index contributed by atoms with van der Waals surface area (Å²) >= 11 is 6.26. The molecule has 0 bridgehead atoms. The number of phenols is 1. The molecule has 120 valence electrons. The van der Waals surface area contributed by atoms with Gasteiger partial charge in [-0.15, -0.1) is 0 Å². The van der Waals surface area contributed by atoms with Crippen molar-refractivity contribution in [3.05, 3.63) is 82.9 Å². The predicted molar refractivity (Wildman–Crippen MR) is 97.1 cm³/mol. The molecule has 4 nitrogen and oxygen atoms in total. The maximum atomic E-state index is 12.5. The molecule has 3 aromatic carbocycles. The van der Waals surface area contributed by atoms with E-state index in [-0.39, 0.29) is 17.1 Å². The van der Waals surface area contributed by atoms with E-state index in [1.54, 1.807) is 42.5 Å². The first-order valence-corrected chi connectivity index (χ1v) is 7.68. The minimum absolute atomic E-state index is 0.0715. The van der Waals surface area contributed by atoms with Crippen LogP contribution in [0.5, 0.6) is 5.75 Å². The standard InChI is InChI=1S/C19H15ClN2O2/c20-15-11-12(22-17-7-3-2-6-16(17)21)9-10-13(15)19(24)14-5-1-4-8-18(14)23/h1-11,22-23H,21H2. The number of nitrogens with one attached hydrogen (secondary N) is 1. The lowest BCUT2D eigenvalue weighted by Gasteiger charge is -2.11. The van der Waals surface area contributed by atoms with Gasteiger partial charge in [0.15, 0.2) is 5.78 Å². The number of nitrogen functional groups attached to an aromatic ring is 1. The van der Waals surface area contributed by atoms with Gasteiger partial charge in [-0.2, -0.15) is 0 Å². The molecule has 0 aliphatic carbocycles. The predicted octanol–water partition coefficient (Wildman–Crippen LogP) is 4.60. The van der Waals surface area contributed by atoms with Crippen molar-refractivity contribution in [1.29, 1.82) is 0 Å². The highest BCUT2D eigenvalue weighted by Crippen LogP contribution is 2.29. The Bertz CT molecular complexity index is 909. The lowest BCUT2D eigenvalue weighted by atomic mass is 10.0. The number of rotatable bonds is 4. The highest BCUT2D eigenvalue weighted by atomic mass is 35.5. The molecule has 0 saturated heterocycles. The molecule has 0 amide bonds. The molecule has 0 atom stereocenters. The minimum atomic E-state index is -0.330. The molecule has 5 heteroatoms. The van der Waals surface area contributed by atoms with Crippen molar-refractivity contribution in [2.75, 3.05) is 11.1 Å². The molecule has 0 radical (unpaired) electrons. The molecule has 4 N–H and O–H groups in total. The normalized spacial score (nSPS) is 10.4. The summed E-state index contributed by atoms with van der Waals surface area (Å²) in [5.41, 5.74) is 8.53. The van der Waals surface area contributed by atoms with Crippen molar-refractivity contribution in [1.82, 2.24) is 0 Å². The first kappa shape index (κ1) is 15.9. The van der Waals surface area contributed by atoms with E-state index in [9.17, 15) is 9.90 Å². The Balaban J connectivity index is 1.89. The van der Waals surface area contributed by atoms with E-state index >= 15 is 0 Å². The number of carbonyl (C=O) groups is 1. The Labute approximate surface area is 144 Å². The van der Waals surface area contributed by atoms with Crippen LogP contribution in [0, 0.1) is 0 Å². The van der Waals surface area contributed by atoms with Gasteiger partial charge in [-0.1, -0.05) is 35.9 Å². The van der Waals surface area contributed by atoms with E-state index in [4.69, 9.17) is 17.3 Å². The SMILES string of the molecule is Nc1ccccc1Nc1ccc(C(=O)c2ccccc2O)c(Cl)c1. The van der Waals surface area contributed by atoms with Gasteiger partial charge in [-0.3, -0.25) is 4.79 Å². The zero-order chi connectivity index (χ0) is 17.1. The quantitative estimate of drug-likeness (QED) is 0.480. The molecule has 0 aromatic heterocycles. The Morgan fingerprint density at radius 3 is 2.38 bits per heavy atom. The van der Waals surface area contributed by atoms with Crippen LogP contribution in [0.3, 0.4) is 0 Å². The number of para-hydroxylation sites is 3. The van der Waals surface area contributed by atoms with Crippen LogP contribution in [0.15, 0.2) is 66.7 Å². The van der Waals surface area contributed by atoms with E-state index < -0.39 is 0 Å². The van der Waals surface area contributed by atoms with Gasteiger partial charge >= 0.3 is 0 Å². The molecule has 0 unspecified atom stereocenters. The number of hydrogen-bond donors (Lipinski definition) is 3. The molecule has 3 rings (SSSR count). The zero-order valence-corrected chi connectivity index (χ0v) is 13.4. The number of benzene rings is 3. The number of ketones is 1. The summed E-state index contributed by atoms with van der Waals surface area (Å²) in [5, 5.41) is 13.3. The molecular weight excluding hydrogens is 324 g/mol. The molecule has 24 heavy (non-hydrogen) atoms. The topological polar surface area (TPSA) is 75.3 Å². The first-order valence-electron chi connectivity index (χ1n) is 7.30. The molecular formula is C19H15ClN2O2. The summed E-state index contributed by atoms with van der Waals surface area (Å²) in [6, 6.07) is 18.8. The van der Waals surface area contributed by atoms with Gasteiger partial charge in [0, 0.05) is 11.3 Å². The van der Waals surface area contributed by atoms with Crippen LogP contribution >= 0.6 is 11.6 Å². The Morgan fingerprint density at radius 1 is 0.958 bits per heavy atom. The maximum absolute atomic E-state index is 12.5. The van der Waals surface area contributed by atoms with E-state index in [1.165, 1.54) is 6.07 Å². The van der Waals surface area contributed by atoms with Crippen LogP contribution in [0.25, 0.3) is 0 Å². The zero-order valence-electron chi connectivity index (χ0n) is 12.7. The summed E-state index contributed by atoms with van der Waals surface area (Å²) in [6.45, 7) is 0. The number of halogens is 1. The number of carbonyl (C=O) groups excluding carboxylic acids is 1. The maximum Gasteiger partial charge on any atom is 0.198 e. The van der Waals surface area contributed by atoms with Crippen molar-refractivity contribution >= 4 is 34.4 Å². The average molecular weight is 339 g/mol. The van der Waals surface area contributed by atoms with Gasteiger partial charge in [0.2, 0.25) is 0 Å². The number of hydrogen-bond acceptors (Lipinski definition) is 4. The summed E-state index contributed by atoms with van der Waals surface area (Å²) in [6.07, 6.45) is 0. The molecule has 0 heterocycles. The third-order valence-corrected chi connectivity index (χ3v) is 3.91. The van der Waals surface area contributed by atoms with Crippen molar-refractivity contribution in [3.63, 3.8) is 0 Å². The number of nitrogens with two attached hydrogens (primary N) is 1. The molecule has 0 spiro atoms. The highest BCUT2D eigenvalue weighted by Gasteiger charge is 2.16. The molecule has 0 aliphatic heterocycles. The average Bonchev–Trinajstić information content (AvgIpc) is 2.57. The van der Waals surface area contributed by atoms with Gasteiger partial charge in [-0.25, -0.2) is 0 Å². The summed E-state index contributed by atoms with van der Waals surface area (Å²) < 4.78 is 0. The van der Waals surface area contributed by atoms with Crippen LogP contribution in [-0.2, 0) is 0 Å². The van der Waals surface area contributed by atoms with Crippen molar-refractivity contribution < 1.29 is 9.90 Å². The summed E-state index contributed by atoms with van der Waals surface area (Å²) in [7, 11) is 0. The molecule has 0 saturated carbocycles. The second kappa shape index (κ2) is 6.64. The van der Waals surface area contributed by atoms with E-state index in [0.29, 0.717) is 22.0 Å². The van der Waals surface area contributed by atoms with Crippen LogP contribution in [0.2, 0.25) is 5.02 Å². The lowest BCUT2D eigenvalue weighted by molar-refractivity contribution is 0.103. The van der Waals surface area contributed by atoms with Crippen LogP contribution < -0.4 is 11.1 Å². The number of phenolic OH excluding ortho intramolecular Hbond substituents is 1. The molecule has 0 aliphatic rings. The smallest absolute Gasteiger partial charge is 0.198 e.